The van der Waals surface area contributed by atoms with E-state index in [1.165, 1.54) is 31.2 Å². The number of benzene rings is 1. The van der Waals surface area contributed by atoms with Crippen molar-refractivity contribution >= 4 is 11.6 Å². The Hall–Kier alpha value is -0.530. The molecule has 0 heterocycles. The van der Waals surface area contributed by atoms with Gasteiger partial charge in [0.25, 0.3) is 0 Å². The smallest absolute Gasteiger partial charge is 0.0456 e. The standard InChI is InChI=1S/C14H22ClN/c1-3-4-5-6-7-14(16)12-9-8-11(2)10-13(12)15/h8-10,14H,3-7,16H2,1-2H3. The van der Waals surface area contributed by atoms with Crippen molar-refractivity contribution in [1.29, 1.82) is 0 Å². The second kappa shape index (κ2) is 6.93. The van der Waals surface area contributed by atoms with Crippen molar-refractivity contribution in [2.75, 3.05) is 0 Å². The van der Waals surface area contributed by atoms with Crippen LogP contribution in [0.3, 0.4) is 0 Å². The van der Waals surface area contributed by atoms with E-state index in [1.807, 2.05) is 13.0 Å². The molecule has 0 aromatic heterocycles. The third kappa shape index (κ3) is 4.15. The molecule has 1 unspecified atom stereocenters. The van der Waals surface area contributed by atoms with Crippen LogP contribution in [-0.4, -0.2) is 0 Å². The number of aryl methyl sites for hydroxylation is 1. The molecule has 16 heavy (non-hydrogen) atoms. The minimum absolute atomic E-state index is 0.0879. The van der Waals surface area contributed by atoms with Crippen molar-refractivity contribution in [2.24, 2.45) is 5.73 Å². The Morgan fingerprint density at radius 2 is 2.00 bits per heavy atom. The van der Waals surface area contributed by atoms with E-state index in [4.69, 9.17) is 17.3 Å². The molecule has 0 amide bonds. The van der Waals surface area contributed by atoms with Crippen LogP contribution in [0.4, 0.5) is 0 Å². The zero-order valence-electron chi connectivity index (χ0n) is 10.3. The fourth-order valence-electron chi connectivity index (χ4n) is 1.88. The fraction of sp³-hybridized carbons (Fsp3) is 0.571. The van der Waals surface area contributed by atoms with Crippen LogP contribution in [0.2, 0.25) is 5.02 Å². The molecule has 0 aliphatic carbocycles. The Kier molecular flexibility index (Phi) is 5.86. The highest BCUT2D eigenvalue weighted by molar-refractivity contribution is 6.31. The van der Waals surface area contributed by atoms with Gasteiger partial charge in [-0.2, -0.15) is 0 Å². The largest absolute Gasteiger partial charge is 0.324 e. The lowest BCUT2D eigenvalue weighted by Crippen LogP contribution is -2.10. The summed E-state index contributed by atoms with van der Waals surface area (Å²) in [4.78, 5) is 0. The molecule has 90 valence electrons. The monoisotopic (exact) mass is 239 g/mol. The second-order valence-corrected chi connectivity index (χ2v) is 4.89. The van der Waals surface area contributed by atoms with Gasteiger partial charge in [-0.05, 0) is 30.5 Å². The van der Waals surface area contributed by atoms with E-state index in [2.05, 4.69) is 19.1 Å². The van der Waals surface area contributed by atoms with Crippen LogP contribution in [0.1, 0.15) is 56.2 Å². The first kappa shape index (κ1) is 13.5. The number of hydrogen-bond donors (Lipinski definition) is 1. The maximum absolute atomic E-state index is 6.18. The molecule has 2 heteroatoms. The summed E-state index contributed by atoms with van der Waals surface area (Å²) in [5, 5.41) is 0.808. The van der Waals surface area contributed by atoms with E-state index in [0.717, 1.165) is 17.0 Å². The molecule has 1 atom stereocenters. The van der Waals surface area contributed by atoms with Gasteiger partial charge in [0.05, 0.1) is 0 Å². The fourth-order valence-corrected chi connectivity index (χ4v) is 2.25. The van der Waals surface area contributed by atoms with Gasteiger partial charge in [-0.3, -0.25) is 0 Å². The highest BCUT2D eigenvalue weighted by Crippen LogP contribution is 2.26. The van der Waals surface area contributed by atoms with Crippen molar-refractivity contribution < 1.29 is 0 Å². The highest BCUT2D eigenvalue weighted by Gasteiger charge is 2.09. The molecule has 1 aromatic carbocycles. The van der Waals surface area contributed by atoms with E-state index >= 15 is 0 Å². The number of halogens is 1. The maximum atomic E-state index is 6.18. The predicted octanol–water partition coefficient (Wildman–Crippen LogP) is 4.62. The molecular weight excluding hydrogens is 218 g/mol. The van der Waals surface area contributed by atoms with Gasteiger partial charge in [0.2, 0.25) is 0 Å². The van der Waals surface area contributed by atoms with Crippen molar-refractivity contribution in [3.05, 3.63) is 34.3 Å². The predicted molar refractivity (Wildman–Crippen MR) is 71.9 cm³/mol. The van der Waals surface area contributed by atoms with Crippen LogP contribution in [0, 0.1) is 6.92 Å². The molecule has 0 saturated heterocycles. The first-order valence-corrected chi connectivity index (χ1v) is 6.54. The molecule has 0 aliphatic heterocycles. The lowest BCUT2D eigenvalue weighted by atomic mass is 10.00. The average molecular weight is 240 g/mol. The van der Waals surface area contributed by atoms with E-state index in [9.17, 15) is 0 Å². The normalized spacial score (nSPS) is 12.8. The Morgan fingerprint density at radius 3 is 2.62 bits per heavy atom. The van der Waals surface area contributed by atoms with Crippen molar-refractivity contribution in [3.8, 4) is 0 Å². The van der Waals surface area contributed by atoms with Gasteiger partial charge in [0, 0.05) is 11.1 Å². The number of rotatable bonds is 6. The van der Waals surface area contributed by atoms with Gasteiger partial charge in [-0.1, -0.05) is 56.3 Å². The van der Waals surface area contributed by atoms with E-state index in [0.29, 0.717) is 0 Å². The van der Waals surface area contributed by atoms with Crippen LogP contribution in [0.25, 0.3) is 0 Å². The van der Waals surface area contributed by atoms with Crippen LogP contribution in [0.5, 0.6) is 0 Å². The third-order valence-electron chi connectivity index (χ3n) is 2.92. The van der Waals surface area contributed by atoms with Crippen LogP contribution in [0.15, 0.2) is 18.2 Å². The minimum atomic E-state index is 0.0879. The average Bonchev–Trinajstić information content (AvgIpc) is 2.24. The highest BCUT2D eigenvalue weighted by atomic mass is 35.5. The summed E-state index contributed by atoms with van der Waals surface area (Å²) in [6.07, 6.45) is 6.06. The van der Waals surface area contributed by atoms with Gasteiger partial charge in [0.1, 0.15) is 0 Å². The number of nitrogens with two attached hydrogens (primary N) is 1. The van der Waals surface area contributed by atoms with Crippen LogP contribution in [-0.2, 0) is 0 Å². The summed E-state index contributed by atoms with van der Waals surface area (Å²) in [6.45, 7) is 4.26. The van der Waals surface area contributed by atoms with E-state index in [1.54, 1.807) is 0 Å². The molecule has 1 aromatic rings. The Labute approximate surface area is 104 Å². The molecule has 0 saturated carbocycles. The summed E-state index contributed by atoms with van der Waals surface area (Å²) < 4.78 is 0. The van der Waals surface area contributed by atoms with Gasteiger partial charge in [-0.25, -0.2) is 0 Å². The Balaban J connectivity index is 2.49. The Bertz CT molecular complexity index is 323. The molecule has 0 radical (unpaired) electrons. The molecule has 0 spiro atoms. The van der Waals surface area contributed by atoms with Crippen LogP contribution < -0.4 is 5.73 Å². The molecular formula is C14H22ClN. The molecule has 0 bridgehead atoms. The summed E-state index contributed by atoms with van der Waals surface area (Å²) in [5.74, 6) is 0. The van der Waals surface area contributed by atoms with Gasteiger partial charge < -0.3 is 5.73 Å². The quantitative estimate of drug-likeness (QED) is 0.721. The van der Waals surface area contributed by atoms with Gasteiger partial charge in [0.15, 0.2) is 0 Å². The minimum Gasteiger partial charge on any atom is -0.324 e. The molecule has 2 N–H and O–H groups in total. The van der Waals surface area contributed by atoms with Gasteiger partial charge >= 0.3 is 0 Å². The first-order valence-electron chi connectivity index (χ1n) is 6.16. The summed E-state index contributed by atoms with van der Waals surface area (Å²) in [6, 6.07) is 6.21. The molecule has 0 fully saturated rings. The van der Waals surface area contributed by atoms with Crippen molar-refractivity contribution in [1.82, 2.24) is 0 Å². The summed E-state index contributed by atoms with van der Waals surface area (Å²) in [7, 11) is 0. The van der Waals surface area contributed by atoms with Crippen molar-refractivity contribution in [2.45, 2.75) is 52.0 Å². The van der Waals surface area contributed by atoms with Gasteiger partial charge in [-0.15, -0.1) is 0 Å². The zero-order valence-corrected chi connectivity index (χ0v) is 11.1. The Morgan fingerprint density at radius 1 is 1.25 bits per heavy atom. The lowest BCUT2D eigenvalue weighted by molar-refractivity contribution is 0.566. The van der Waals surface area contributed by atoms with E-state index in [-0.39, 0.29) is 6.04 Å². The summed E-state index contributed by atoms with van der Waals surface area (Å²) in [5.41, 5.74) is 8.42. The second-order valence-electron chi connectivity index (χ2n) is 4.48. The van der Waals surface area contributed by atoms with Crippen molar-refractivity contribution in [3.63, 3.8) is 0 Å². The topological polar surface area (TPSA) is 26.0 Å². The summed E-state index contributed by atoms with van der Waals surface area (Å²) >= 11 is 6.18. The zero-order chi connectivity index (χ0) is 12.0. The number of hydrogen-bond acceptors (Lipinski definition) is 1. The molecule has 1 nitrogen and oxygen atoms in total. The maximum Gasteiger partial charge on any atom is 0.0456 e. The lowest BCUT2D eigenvalue weighted by Gasteiger charge is -2.14. The first-order chi connectivity index (χ1) is 7.65. The molecule has 1 rings (SSSR count). The third-order valence-corrected chi connectivity index (χ3v) is 3.25. The van der Waals surface area contributed by atoms with Crippen LogP contribution >= 0.6 is 11.6 Å². The molecule has 0 aliphatic rings. The van der Waals surface area contributed by atoms with E-state index < -0.39 is 0 Å². The number of unbranched alkanes of at least 4 members (excludes halogenated alkanes) is 3. The SMILES string of the molecule is CCCCCCC(N)c1ccc(C)cc1Cl.